The molecule has 1 saturated heterocycles. The van der Waals surface area contributed by atoms with Crippen LogP contribution in [-0.4, -0.2) is 40.4 Å². The third-order valence-electron chi connectivity index (χ3n) is 5.90. The second-order valence-electron chi connectivity index (χ2n) is 8.17. The summed E-state index contributed by atoms with van der Waals surface area (Å²) in [5.41, 5.74) is 3.00. The number of rotatable bonds is 4. The quantitative estimate of drug-likeness (QED) is 0.627. The number of hydrogen-bond acceptors (Lipinski definition) is 6. The van der Waals surface area contributed by atoms with Gasteiger partial charge in [-0.15, -0.1) is 0 Å². The van der Waals surface area contributed by atoms with Crippen LogP contribution in [0.25, 0.3) is 0 Å². The molecule has 0 N–H and O–H groups in total. The normalized spacial score (nSPS) is 16.2. The molecule has 0 aliphatic carbocycles. The summed E-state index contributed by atoms with van der Waals surface area (Å²) in [6.07, 6.45) is 5.73. The number of furan rings is 1. The van der Waals surface area contributed by atoms with Gasteiger partial charge < -0.3 is 19.0 Å². The molecule has 2 aromatic heterocycles. The van der Waals surface area contributed by atoms with E-state index in [0.717, 1.165) is 48.9 Å². The lowest BCUT2D eigenvalue weighted by atomic mass is 10.1. The van der Waals surface area contributed by atoms with Gasteiger partial charge in [-0.25, -0.2) is 4.98 Å². The third-order valence-corrected chi connectivity index (χ3v) is 5.90. The lowest BCUT2D eigenvalue weighted by Crippen LogP contribution is -2.37. The number of anilines is 1. The molecule has 31 heavy (non-hydrogen) atoms. The fourth-order valence-electron chi connectivity index (χ4n) is 4.14. The minimum Gasteiger partial charge on any atom is -0.459 e. The van der Waals surface area contributed by atoms with Crippen molar-refractivity contribution in [2.24, 2.45) is 0 Å². The van der Waals surface area contributed by atoms with Gasteiger partial charge in [0.2, 0.25) is 11.8 Å². The van der Waals surface area contributed by atoms with Crippen molar-refractivity contribution < 1.29 is 13.9 Å². The van der Waals surface area contributed by atoms with E-state index < -0.39 is 0 Å². The molecule has 2 aliphatic rings. The Hall–Kier alpha value is -3.35. The predicted molar refractivity (Wildman–Crippen MR) is 117 cm³/mol. The first-order valence-corrected chi connectivity index (χ1v) is 10.9. The molecule has 0 unspecified atom stereocenters. The van der Waals surface area contributed by atoms with E-state index >= 15 is 0 Å². The Kier molecular flexibility index (Phi) is 5.32. The lowest BCUT2D eigenvalue weighted by Gasteiger charge is -2.31. The molecular formula is C24H26N4O3. The summed E-state index contributed by atoms with van der Waals surface area (Å²) in [5, 5.41) is 0. The van der Waals surface area contributed by atoms with Crippen molar-refractivity contribution >= 4 is 11.9 Å². The minimum atomic E-state index is -0.128. The molecule has 1 fully saturated rings. The summed E-state index contributed by atoms with van der Waals surface area (Å²) in [6.45, 7) is 4.96. The third kappa shape index (κ3) is 4.13. The van der Waals surface area contributed by atoms with Gasteiger partial charge in [0.05, 0.1) is 24.1 Å². The maximum atomic E-state index is 12.8. The first kappa shape index (κ1) is 19.6. The van der Waals surface area contributed by atoms with Gasteiger partial charge in [0, 0.05) is 26.1 Å². The Morgan fingerprint density at radius 3 is 2.58 bits per heavy atom. The van der Waals surface area contributed by atoms with Crippen LogP contribution in [0.15, 0.2) is 47.1 Å². The molecule has 0 saturated carbocycles. The van der Waals surface area contributed by atoms with E-state index in [2.05, 4.69) is 4.90 Å². The number of benzene rings is 1. The Morgan fingerprint density at radius 2 is 1.84 bits per heavy atom. The van der Waals surface area contributed by atoms with Gasteiger partial charge in [-0.2, -0.15) is 4.98 Å². The molecule has 0 spiro atoms. The smallest absolute Gasteiger partial charge is 0.289 e. The van der Waals surface area contributed by atoms with Crippen molar-refractivity contribution in [3.05, 3.63) is 65.2 Å². The second-order valence-corrected chi connectivity index (χ2v) is 8.17. The summed E-state index contributed by atoms with van der Waals surface area (Å²) >= 11 is 0. The summed E-state index contributed by atoms with van der Waals surface area (Å²) in [6, 6.07) is 11.3. The highest BCUT2D eigenvalue weighted by atomic mass is 16.5. The van der Waals surface area contributed by atoms with Crippen molar-refractivity contribution in [1.29, 1.82) is 0 Å². The molecular weight excluding hydrogens is 392 g/mol. The maximum Gasteiger partial charge on any atom is 0.289 e. The minimum absolute atomic E-state index is 0.128. The van der Waals surface area contributed by atoms with Crippen LogP contribution < -0.4 is 9.64 Å². The highest BCUT2D eigenvalue weighted by Crippen LogP contribution is 2.32. The first-order valence-electron chi connectivity index (χ1n) is 10.9. The van der Waals surface area contributed by atoms with Crippen LogP contribution in [0.3, 0.4) is 0 Å². The Balaban J connectivity index is 1.49. The average molecular weight is 418 g/mol. The van der Waals surface area contributed by atoms with Crippen molar-refractivity contribution in [3.63, 3.8) is 0 Å². The van der Waals surface area contributed by atoms with Gasteiger partial charge in [0.1, 0.15) is 5.75 Å². The van der Waals surface area contributed by atoms with E-state index in [0.29, 0.717) is 31.2 Å². The van der Waals surface area contributed by atoms with Gasteiger partial charge in [-0.3, -0.25) is 4.79 Å². The molecule has 2 aliphatic heterocycles. The van der Waals surface area contributed by atoms with E-state index in [4.69, 9.17) is 19.1 Å². The SMILES string of the molecule is Cc1ccc(Oc2nc(N3CCCCC3)nc3c2CN(C(=O)c2ccco2)CC3)cc1. The zero-order valence-electron chi connectivity index (χ0n) is 17.7. The van der Waals surface area contributed by atoms with Gasteiger partial charge in [-0.1, -0.05) is 17.7 Å². The number of nitrogens with zero attached hydrogens (tertiary/aromatic N) is 4. The van der Waals surface area contributed by atoms with Gasteiger partial charge in [0.25, 0.3) is 5.91 Å². The molecule has 4 heterocycles. The van der Waals surface area contributed by atoms with E-state index in [-0.39, 0.29) is 5.91 Å². The van der Waals surface area contributed by atoms with E-state index in [9.17, 15) is 4.79 Å². The second kappa shape index (κ2) is 8.41. The van der Waals surface area contributed by atoms with Crippen LogP contribution in [0.5, 0.6) is 11.6 Å². The van der Waals surface area contributed by atoms with Crippen molar-refractivity contribution in [2.75, 3.05) is 24.5 Å². The number of fused-ring (bicyclic) bond motifs is 1. The Bertz CT molecular complexity index is 1060. The number of carbonyl (C=O) groups is 1. The number of aromatic nitrogens is 2. The number of hydrogen-bond donors (Lipinski definition) is 0. The van der Waals surface area contributed by atoms with Gasteiger partial charge in [-0.05, 0) is 50.5 Å². The average Bonchev–Trinajstić information content (AvgIpc) is 3.35. The zero-order chi connectivity index (χ0) is 21.2. The summed E-state index contributed by atoms with van der Waals surface area (Å²) < 4.78 is 11.6. The van der Waals surface area contributed by atoms with Crippen LogP contribution in [0.4, 0.5) is 5.95 Å². The summed E-state index contributed by atoms with van der Waals surface area (Å²) in [5.74, 6) is 2.20. The van der Waals surface area contributed by atoms with E-state index in [1.807, 2.05) is 31.2 Å². The number of aryl methyl sites for hydroxylation is 1. The molecule has 7 nitrogen and oxygen atoms in total. The molecule has 7 heteroatoms. The van der Waals surface area contributed by atoms with Gasteiger partial charge >= 0.3 is 0 Å². The summed E-state index contributed by atoms with van der Waals surface area (Å²) in [4.78, 5) is 26.5. The highest BCUT2D eigenvalue weighted by Gasteiger charge is 2.29. The van der Waals surface area contributed by atoms with Gasteiger partial charge in [0.15, 0.2) is 5.76 Å². The first-order chi connectivity index (χ1) is 15.2. The monoisotopic (exact) mass is 418 g/mol. The van der Waals surface area contributed by atoms with Crippen molar-refractivity contribution in [2.45, 2.75) is 39.2 Å². The largest absolute Gasteiger partial charge is 0.459 e. The maximum absolute atomic E-state index is 12.8. The van der Waals surface area contributed by atoms with Crippen molar-refractivity contribution in [1.82, 2.24) is 14.9 Å². The van der Waals surface area contributed by atoms with Crippen LogP contribution in [0.2, 0.25) is 0 Å². The van der Waals surface area contributed by atoms with Crippen molar-refractivity contribution in [3.8, 4) is 11.6 Å². The van der Waals surface area contributed by atoms with E-state index in [1.54, 1.807) is 17.0 Å². The predicted octanol–water partition coefficient (Wildman–Crippen LogP) is 4.36. The van der Waals surface area contributed by atoms with Crippen LogP contribution in [0.1, 0.15) is 46.6 Å². The number of carbonyl (C=O) groups excluding carboxylic acids is 1. The van der Waals surface area contributed by atoms with Crippen LogP contribution >= 0.6 is 0 Å². The van der Waals surface area contributed by atoms with Crippen LogP contribution in [-0.2, 0) is 13.0 Å². The fraction of sp³-hybridized carbons (Fsp3) is 0.375. The molecule has 0 bridgehead atoms. The molecule has 3 aromatic rings. The number of piperidine rings is 1. The number of amides is 1. The standard InChI is InChI=1S/C24H26N4O3/c1-17-7-9-18(10-8-17)31-22-19-16-28(23(29)21-6-5-15-30-21)14-11-20(19)25-24(26-22)27-12-3-2-4-13-27/h5-10,15H,2-4,11-14,16H2,1H3. The van der Waals surface area contributed by atoms with Crippen LogP contribution in [0, 0.1) is 6.92 Å². The Labute approximate surface area is 181 Å². The molecule has 0 radical (unpaired) electrons. The molecule has 0 atom stereocenters. The summed E-state index contributed by atoms with van der Waals surface area (Å²) in [7, 11) is 0. The topological polar surface area (TPSA) is 71.7 Å². The molecule has 1 aromatic carbocycles. The zero-order valence-corrected chi connectivity index (χ0v) is 17.7. The lowest BCUT2D eigenvalue weighted by molar-refractivity contribution is 0.0699. The molecule has 1 amide bonds. The molecule has 160 valence electrons. The van der Waals surface area contributed by atoms with E-state index in [1.165, 1.54) is 18.2 Å². The highest BCUT2D eigenvalue weighted by molar-refractivity contribution is 5.91. The Morgan fingerprint density at radius 1 is 1.03 bits per heavy atom. The number of ether oxygens (including phenoxy) is 1. The fourth-order valence-corrected chi connectivity index (χ4v) is 4.14. The molecule has 5 rings (SSSR count).